The Labute approximate surface area is 163 Å². The molecule has 4 rings (SSSR count). The molecule has 2 aromatic heterocycles. The van der Waals surface area contributed by atoms with Gasteiger partial charge in [-0.05, 0) is 25.1 Å². The molecule has 8 nitrogen and oxygen atoms in total. The molecule has 0 radical (unpaired) electrons. The van der Waals surface area contributed by atoms with E-state index >= 15 is 0 Å². The molecule has 0 saturated heterocycles. The van der Waals surface area contributed by atoms with Gasteiger partial charge in [-0.15, -0.1) is 0 Å². The molecular weight excluding hydrogens is 380 g/mol. The van der Waals surface area contributed by atoms with Crippen LogP contribution in [0.4, 0.5) is 10.8 Å². The topological polar surface area (TPSA) is 107 Å². The summed E-state index contributed by atoms with van der Waals surface area (Å²) < 4.78 is 5.75. The van der Waals surface area contributed by atoms with E-state index in [0.29, 0.717) is 20.9 Å². The summed E-state index contributed by atoms with van der Waals surface area (Å²) in [6.45, 7) is 1.89. The molecule has 28 heavy (non-hydrogen) atoms. The third kappa shape index (κ3) is 3.23. The van der Waals surface area contributed by atoms with E-state index in [1.807, 2.05) is 25.1 Å². The number of nitrogens with one attached hydrogen (secondary N) is 1. The zero-order valence-corrected chi connectivity index (χ0v) is 15.7. The van der Waals surface area contributed by atoms with E-state index in [1.165, 1.54) is 19.2 Å². The average molecular weight is 394 g/mol. The second kappa shape index (κ2) is 6.86. The van der Waals surface area contributed by atoms with Crippen LogP contribution in [-0.4, -0.2) is 27.9 Å². The quantitative estimate of drug-likeness (QED) is 0.408. The molecular formula is C19H14N4O4S. The molecule has 9 heteroatoms. The number of benzene rings is 2. The number of amides is 1. The van der Waals surface area contributed by atoms with Gasteiger partial charge in [0.25, 0.3) is 11.6 Å². The highest BCUT2D eigenvalue weighted by Gasteiger charge is 2.18. The van der Waals surface area contributed by atoms with Gasteiger partial charge in [0.1, 0.15) is 5.52 Å². The monoisotopic (exact) mass is 394 g/mol. The first-order chi connectivity index (χ1) is 13.4. The summed E-state index contributed by atoms with van der Waals surface area (Å²) in [5.41, 5.74) is 2.41. The van der Waals surface area contributed by atoms with E-state index in [-0.39, 0.29) is 17.3 Å². The fourth-order valence-electron chi connectivity index (χ4n) is 2.83. The Kier molecular flexibility index (Phi) is 4.36. The van der Waals surface area contributed by atoms with Crippen LogP contribution >= 0.6 is 11.3 Å². The van der Waals surface area contributed by atoms with E-state index in [9.17, 15) is 14.9 Å². The van der Waals surface area contributed by atoms with Crippen molar-refractivity contribution in [3.8, 4) is 5.75 Å². The highest BCUT2D eigenvalue weighted by atomic mass is 32.1. The van der Waals surface area contributed by atoms with Crippen molar-refractivity contribution in [2.75, 3.05) is 12.4 Å². The number of nitrogens with zero attached hydrogens (tertiary/aromatic N) is 3. The fourth-order valence-corrected chi connectivity index (χ4v) is 3.74. The highest BCUT2D eigenvalue weighted by molar-refractivity contribution is 7.22. The predicted molar refractivity (Wildman–Crippen MR) is 107 cm³/mol. The molecule has 4 aromatic rings. The van der Waals surface area contributed by atoms with Gasteiger partial charge >= 0.3 is 0 Å². The molecule has 0 saturated carbocycles. The molecule has 140 valence electrons. The largest absolute Gasteiger partial charge is 0.494 e. The first-order valence-electron chi connectivity index (χ1n) is 8.26. The van der Waals surface area contributed by atoms with Gasteiger partial charge in [-0.3, -0.25) is 25.2 Å². The summed E-state index contributed by atoms with van der Waals surface area (Å²) >= 11 is 1.14. The van der Waals surface area contributed by atoms with Gasteiger partial charge in [0, 0.05) is 22.7 Å². The van der Waals surface area contributed by atoms with Crippen molar-refractivity contribution < 1.29 is 14.5 Å². The zero-order valence-electron chi connectivity index (χ0n) is 14.9. The number of non-ortho nitro benzene ring substituents is 1. The van der Waals surface area contributed by atoms with E-state index in [4.69, 9.17) is 4.74 Å². The number of fused-ring (bicyclic) bond motifs is 2. The van der Waals surface area contributed by atoms with Crippen LogP contribution in [0.5, 0.6) is 5.75 Å². The number of nitro benzene ring substituents is 1. The third-order valence-corrected chi connectivity index (χ3v) is 5.11. The predicted octanol–water partition coefficient (Wildman–Crippen LogP) is 4.32. The lowest BCUT2D eigenvalue weighted by atomic mass is 10.1. The van der Waals surface area contributed by atoms with E-state index < -0.39 is 4.92 Å². The van der Waals surface area contributed by atoms with Crippen LogP contribution in [-0.2, 0) is 0 Å². The maximum Gasteiger partial charge on any atom is 0.274 e. The van der Waals surface area contributed by atoms with Gasteiger partial charge in [-0.2, -0.15) is 0 Å². The second-order valence-corrected chi connectivity index (χ2v) is 7.12. The van der Waals surface area contributed by atoms with Crippen LogP contribution in [0.25, 0.3) is 21.1 Å². The molecule has 2 aromatic carbocycles. The number of nitro groups is 1. The van der Waals surface area contributed by atoms with Crippen molar-refractivity contribution in [3.63, 3.8) is 0 Å². The molecule has 0 aliphatic carbocycles. The molecule has 0 fully saturated rings. The maximum atomic E-state index is 12.6. The van der Waals surface area contributed by atoms with Gasteiger partial charge < -0.3 is 4.74 Å². The molecule has 2 heterocycles. The molecule has 0 aliphatic heterocycles. The number of pyridine rings is 1. The number of anilines is 1. The molecule has 1 amide bonds. The molecule has 1 N–H and O–H groups in total. The Bertz CT molecular complexity index is 1250. The summed E-state index contributed by atoms with van der Waals surface area (Å²) in [4.78, 5) is 32.0. The van der Waals surface area contributed by atoms with Crippen molar-refractivity contribution in [2.45, 2.75) is 6.92 Å². The number of ether oxygens (including phenoxy) is 1. The number of rotatable bonds is 4. The summed E-state index contributed by atoms with van der Waals surface area (Å²) in [5.74, 6) is -0.0518. The number of carbonyl (C=O) groups is 1. The average Bonchev–Trinajstić information content (AvgIpc) is 3.08. The second-order valence-electron chi connectivity index (χ2n) is 6.09. The Morgan fingerprint density at radius 3 is 2.71 bits per heavy atom. The third-order valence-electron chi connectivity index (χ3n) is 4.19. The minimum Gasteiger partial charge on any atom is -0.494 e. The summed E-state index contributed by atoms with van der Waals surface area (Å²) in [6, 6.07) is 11.9. The summed E-state index contributed by atoms with van der Waals surface area (Å²) in [5, 5.41) is 15.1. The van der Waals surface area contributed by atoms with Crippen LogP contribution in [0.2, 0.25) is 0 Å². The lowest BCUT2D eigenvalue weighted by Crippen LogP contribution is -2.11. The number of thiazole rings is 1. The van der Waals surface area contributed by atoms with Crippen LogP contribution in [0.1, 0.15) is 16.1 Å². The maximum absolute atomic E-state index is 12.6. The Morgan fingerprint density at radius 2 is 1.96 bits per heavy atom. The van der Waals surface area contributed by atoms with Crippen molar-refractivity contribution >= 4 is 49.2 Å². The normalized spacial score (nSPS) is 10.9. The number of methoxy groups -OCH3 is 1. The number of hydrogen-bond donors (Lipinski definition) is 1. The Morgan fingerprint density at radius 1 is 1.18 bits per heavy atom. The van der Waals surface area contributed by atoms with E-state index in [1.54, 1.807) is 12.1 Å². The van der Waals surface area contributed by atoms with Crippen LogP contribution in [0, 0.1) is 17.0 Å². The van der Waals surface area contributed by atoms with Crippen molar-refractivity contribution in [1.29, 1.82) is 0 Å². The molecule has 0 bridgehead atoms. The fraction of sp³-hybridized carbons (Fsp3) is 0.105. The van der Waals surface area contributed by atoms with Crippen LogP contribution in [0.3, 0.4) is 0 Å². The van der Waals surface area contributed by atoms with Crippen LogP contribution in [0.15, 0.2) is 42.5 Å². The van der Waals surface area contributed by atoms with Gasteiger partial charge in [-0.25, -0.2) is 4.98 Å². The Balaban J connectivity index is 1.67. The number of aryl methyl sites for hydroxylation is 1. The van der Waals surface area contributed by atoms with Gasteiger partial charge in [0.2, 0.25) is 0 Å². The number of hydrogen-bond acceptors (Lipinski definition) is 7. The zero-order chi connectivity index (χ0) is 19.8. The summed E-state index contributed by atoms with van der Waals surface area (Å²) in [7, 11) is 1.42. The van der Waals surface area contributed by atoms with E-state index in [0.717, 1.165) is 27.9 Å². The lowest BCUT2D eigenvalue weighted by molar-refractivity contribution is -0.384. The van der Waals surface area contributed by atoms with Crippen molar-refractivity contribution in [1.82, 2.24) is 9.97 Å². The first kappa shape index (κ1) is 17.8. The smallest absolute Gasteiger partial charge is 0.274 e. The molecule has 0 aliphatic rings. The van der Waals surface area contributed by atoms with Crippen LogP contribution < -0.4 is 10.1 Å². The number of carbonyl (C=O) groups excluding carboxylic acids is 1. The standard InChI is InChI=1S/C19H14N4O4S/c1-10-3-4-11-5-6-12(7-14(11)20-10)18(24)22-19-21-17-15(27-2)8-13(23(25)26)9-16(17)28-19/h3-9H,1-2H3,(H,21,22,24). The number of aromatic nitrogens is 2. The lowest BCUT2D eigenvalue weighted by Gasteiger charge is -2.04. The van der Waals surface area contributed by atoms with Gasteiger partial charge in [-0.1, -0.05) is 23.5 Å². The minimum atomic E-state index is -0.496. The summed E-state index contributed by atoms with van der Waals surface area (Å²) in [6.07, 6.45) is 0. The van der Waals surface area contributed by atoms with Crippen molar-refractivity contribution in [2.24, 2.45) is 0 Å². The molecule has 0 spiro atoms. The Hall–Kier alpha value is -3.59. The highest BCUT2D eigenvalue weighted by Crippen LogP contribution is 2.36. The van der Waals surface area contributed by atoms with Gasteiger partial charge in [0.05, 0.1) is 28.3 Å². The first-order valence-corrected chi connectivity index (χ1v) is 9.08. The van der Waals surface area contributed by atoms with Crippen molar-refractivity contribution in [3.05, 3.63) is 63.8 Å². The minimum absolute atomic E-state index is 0.0955. The van der Waals surface area contributed by atoms with Gasteiger partial charge in [0.15, 0.2) is 10.9 Å². The molecule has 0 unspecified atom stereocenters. The van der Waals surface area contributed by atoms with E-state index in [2.05, 4.69) is 15.3 Å². The SMILES string of the molecule is COc1cc([N+](=O)[O-])cc2sc(NC(=O)c3ccc4ccc(C)nc4c3)nc12. The molecule has 0 atom stereocenters.